The predicted octanol–water partition coefficient (Wildman–Crippen LogP) is 1.83. The van der Waals surface area contributed by atoms with Crippen LogP contribution in [0.2, 0.25) is 0 Å². The molecular formula is C13H24N2O3. The molecule has 0 aromatic carbocycles. The van der Waals surface area contributed by atoms with Gasteiger partial charge in [0, 0.05) is 19.5 Å². The Kier molecular flexibility index (Phi) is 5.95. The molecule has 0 spiro atoms. The fraction of sp³-hybridized carbons (Fsp3) is 0.846. The molecule has 0 unspecified atom stereocenters. The van der Waals surface area contributed by atoms with E-state index in [0.29, 0.717) is 18.4 Å². The van der Waals surface area contributed by atoms with Gasteiger partial charge in [-0.1, -0.05) is 13.8 Å². The van der Waals surface area contributed by atoms with Gasteiger partial charge in [0.2, 0.25) is 0 Å². The number of hydrogen-bond acceptors (Lipinski definition) is 2. The van der Waals surface area contributed by atoms with Crippen LogP contribution in [0.5, 0.6) is 0 Å². The number of carboxylic acids is 1. The standard InChI is InChI=1S/C13H24N2O3/c1-9(2)5-11(6-12(16)17)8-15-13(18)14-7-10-3-4-10/h9-11H,3-8H2,1-2H3,(H,16,17)(H2,14,15,18)/t11-/m0/s1. The van der Waals surface area contributed by atoms with Gasteiger partial charge in [-0.05, 0) is 37.0 Å². The van der Waals surface area contributed by atoms with Crippen LogP contribution in [0.25, 0.3) is 0 Å². The maximum atomic E-state index is 11.5. The second-order valence-electron chi connectivity index (χ2n) is 5.63. The van der Waals surface area contributed by atoms with Gasteiger partial charge >= 0.3 is 12.0 Å². The van der Waals surface area contributed by atoms with Gasteiger partial charge in [-0.3, -0.25) is 4.79 Å². The number of hydrogen-bond donors (Lipinski definition) is 3. The molecule has 5 nitrogen and oxygen atoms in total. The monoisotopic (exact) mass is 256 g/mol. The van der Waals surface area contributed by atoms with Crippen LogP contribution in [-0.2, 0) is 4.79 Å². The molecule has 0 aromatic rings. The van der Waals surface area contributed by atoms with Gasteiger partial charge in [-0.15, -0.1) is 0 Å². The Labute approximate surface area is 108 Å². The highest BCUT2D eigenvalue weighted by Gasteiger charge is 2.22. The molecule has 0 aliphatic heterocycles. The first-order valence-electron chi connectivity index (χ1n) is 6.70. The summed E-state index contributed by atoms with van der Waals surface area (Å²) in [6, 6.07) is -0.180. The van der Waals surface area contributed by atoms with E-state index in [0.717, 1.165) is 13.0 Å². The van der Waals surface area contributed by atoms with E-state index < -0.39 is 5.97 Å². The zero-order chi connectivity index (χ0) is 13.5. The van der Waals surface area contributed by atoms with Crippen LogP contribution in [0, 0.1) is 17.8 Å². The summed E-state index contributed by atoms with van der Waals surface area (Å²) < 4.78 is 0. The molecule has 0 radical (unpaired) electrons. The Bertz CT molecular complexity index is 288. The van der Waals surface area contributed by atoms with E-state index in [1.165, 1.54) is 12.8 Å². The molecule has 0 bridgehead atoms. The average molecular weight is 256 g/mol. The van der Waals surface area contributed by atoms with E-state index in [-0.39, 0.29) is 18.4 Å². The molecule has 1 fully saturated rings. The van der Waals surface area contributed by atoms with Crippen molar-refractivity contribution >= 4 is 12.0 Å². The first-order chi connectivity index (χ1) is 8.47. The minimum absolute atomic E-state index is 0.00850. The number of carbonyl (C=O) groups excluding carboxylic acids is 1. The van der Waals surface area contributed by atoms with Gasteiger partial charge in [0.15, 0.2) is 0 Å². The third-order valence-electron chi connectivity index (χ3n) is 3.07. The summed E-state index contributed by atoms with van der Waals surface area (Å²) in [5, 5.41) is 14.4. The predicted molar refractivity (Wildman–Crippen MR) is 69.3 cm³/mol. The van der Waals surface area contributed by atoms with Crippen molar-refractivity contribution in [3.05, 3.63) is 0 Å². The maximum Gasteiger partial charge on any atom is 0.314 e. The lowest BCUT2D eigenvalue weighted by Crippen LogP contribution is -2.39. The highest BCUT2D eigenvalue weighted by Crippen LogP contribution is 2.27. The van der Waals surface area contributed by atoms with E-state index in [2.05, 4.69) is 24.5 Å². The molecule has 2 amide bonds. The number of aliphatic carboxylic acids is 1. The molecule has 1 aliphatic rings. The number of urea groups is 1. The molecule has 1 saturated carbocycles. The van der Waals surface area contributed by atoms with Gasteiger partial charge < -0.3 is 15.7 Å². The van der Waals surface area contributed by atoms with E-state index in [9.17, 15) is 9.59 Å². The summed E-state index contributed by atoms with van der Waals surface area (Å²) in [6.07, 6.45) is 3.33. The van der Waals surface area contributed by atoms with Gasteiger partial charge in [-0.2, -0.15) is 0 Å². The molecule has 1 atom stereocenters. The molecule has 0 aromatic heterocycles. The first kappa shape index (κ1) is 14.8. The van der Waals surface area contributed by atoms with Crippen LogP contribution in [0.1, 0.15) is 39.5 Å². The Morgan fingerprint density at radius 1 is 1.28 bits per heavy atom. The topological polar surface area (TPSA) is 78.4 Å². The Hall–Kier alpha value is -1.26. The molecule has 5 heteroatoms. The highest BCUT2D eigenvalue weighted by molar-refractivity contribution is 5.74. The molecule has 1 rings (SSSR count). The fourth-order valence-electron chi connectivity index (χ4n) is 2.01. The normalized spacial score (nSPS) is 16.4. The minimum Gasteiger partial charge on any atom is -0.481 e. The van der Waals surface area contributed by atoms with Crippen LogP contribution in [0.15, 0.2) is 0 Å². The molecular weight excluding hydrogens is 232 g/mol. The first-order valence-corrected chi connectivity index (χ1v) is 6.70. The Morgan fingerprint density at radius 2 is 1.94 bits per heavy atom. The number of amides is 2. The average Bonchev–Trinajstić information content (AvgIpc) is 3.05. The minimum atomic E-state index is -0.805. The van der Waals surface area contributed by atoms with Crippen molar-refractivity contribution in [3.63, 3.8) is 0 Å². The quantitative estimate of drug-likeness (QED) is 0.620. The zero-order valence-electron chi connectivity index (χ0n) is 11.2. The van der Waals surface area contributed by atoms with Gasteiger partial charge in [0.25, 0.3) is 0 Å². The van der Waals surface area contributed by atoms with E-state index in [4.69, 9.17) is 5.11 Å². The SMILES string of the molecule is CC(C)C[C@H](CNC(=O)NCC1CC1)CC(=O)O. The summed E-state index contributed by atoms with van der Waals surface area (Å²) in [5.41, 5.74) is 0. The van der Waals surface area contributed by atoms with Crippen molar-refractivity contribution in [1.82, 2.24) is 10.6 Å². The van der Waals surface area contributed by atoms with Crippen molar-refractivity contribution in [3.8, 4) is 0 Å². The van der Waals surface area contributed by atoms with E-state index in [1.54, 1.807) is 0 Å². The number of nitrogens with one attached hydrogen (secondary N) is 2. The van der Waals surface area contributed by atoms with Crippen molar-refractivity contribution in [2.45, 2.75) is 39.5 Å². The Balaban J connectivity index is 2.20. The molecule has 104 valence electrons. The number of carboxylic acid groups (broad SMARTS) is 1. The molecule has 0 heterocycles. The maximum absolute atomic E-state index is 11.5. The van der Waals surface area contributed by atoms with Gasteiger partial charge in [0.1, 0.15) is 0 Å². The summed E-state index contributed by atoms with van der Waals surface area (Å²) in [6.45, 7) is 5.28. The molecule has 18 heavy (non-hydrogen) atoms. The van der Waals surface area contributed by atoms with Crippen LogP contribution in [0.3, 0.4) is 0 Å². The number of carbonyl (C=O) groups is 2. The fourth-order valence-corrected chi connectivity index (χ4v) is 2.01. The van der Waals surface area contributed by atoms with Crippen molar-refractivity contribution in [1.29, 1.82) is 0 Å². The lowest BCUT2D eigenvalue weighted by molar-refractivity contribution is -0.138. The summed E-state index contributed by atoms with van der Waals surface area (Å²) in [5.74, 6) is 0.293. The van der Waals surface area contributed by atoms with Crippen LogP contribution < -0.4 is 10.6 Å². The molecule has 0 saturated heterocycles. The highest BCUT2D eigenvalue weighted by atomic mass is 16.4. The smallest absolute Gasteiger partial charge is 0.314 e. The molecule has 1 aliphatic carbocycles. The second kappa shape index (κ2) is 7.24. The van der Waals surface area contributed by atoms with E-state index in [1.807, 2.05) is 0 Å². The summed E-state index contributed by atoms with van der Waals surface area (Å²) in [7, 11) is 0. The Morgan fingerprint density at radius 3 is 2.44 bits per heavy atom. The summed E-state index contributed by atoms with van der Waals surface area (Å²) in [4.78, 5) is 22.2. The third-order valence-corrected chi connectivity index (χ3v) is 3.07. The van der Waals surface area contributed by atoms with Gasteiger partial charge in [0.05, 0.1) is 0 Å². The van der Waals surface area contributed by atoms with Crippen molar-refractivity contribution in [2.75, 3.05) is 13.1 Å². The van der Waals surface area contributed by atoms with Gasteiger partial charge in [-0.25, -0.2) is 4.79 Å². The van der Waals surface area contributed by atoms with Crippen LogP contribution >= 0.6 is 0 Å². The summed E-state index contributed by atoms with van der Waals surface area (Å²) >= 11 is 0. The lowest BCUT2D eigenvalue weighted by atomic mass is 9.94. The molecule has 3 N–H and O–H groups in total. The van der Waals surface area contributed by atoms with Crippen molar-refractivity contribution in [2.24, 2.45) is 17.8 Å². The third kappa shape index (κ3) is 7.14. The van der Waals surface area contributed by atoms with Crippen LogP contribution in [0.4, 0.5) is 4.79 Å². The van der Waals surface area contributed by atoms with Crippen LogP contribution in [-0.4, -0.2) is 30.2 Å². The van der Waals surface area contributed by atoms with Crippen molar-refractivity contribution < 1.29 is 14.7 Å². The largest absolute Gasteiger partial charge is 0.481 e. The zero-order valence-corrected chi connectivity index (χ0v) is 11.2. The van der Waals surface area contributed by atoms with E-state index >= 15 is 0 Å². The number of rotatable bonds is 8. The lowest BCUT2D eigenvalue weighted by Gasteiger charge is -2.18. The second-order valence-corrected chi connectivity index (χ2v) is 5.63.